The van der Waals surface area contributed by atoms with E-state index in [1.165, 1.54) is 43.2 Å². The summed E-state index contributed by atoms with van der Waals surface area (Å²) in [7, 11) is 0. The molecule has 0 aromatic heterocycles. The molecule has 0 N–H and O–H groups in total. The van der Waals surface area contributed by atoms with Crippen LogP contribution >= 0.6 is 0 Å². The number of hydrogen-bond acceptors (Lipinski definition) is 1. The maximum atomic E-state index is 12.4. The van der Waals surface area contributed by atoms with Crippen LogP contribution in [0.4, 0.5) is 8.78 Å². The fraction of sp³-hybridized carbons (Fsp3) is 0.462. The Hall–Kier alpha value is -2.16. The third-order valence-corrected chi connectivity index (χ3v) is 6.70. The SMILES string of the molecule is CC=CCCC1CCc2c(ccc3c2CCC(c2ccc(OC(F)F)cc2)C3)C1. The molecule has 2 aliphatic rings. The Morgan fingerprint density at radius 1 is 0.966 bits per heavy atom. The van der Waals surface area contributed by atoms with Crippen molar-refractivity contribution >= 4 is 0 Å². The third kappa shape index (κ3) is 4.71. The maximum Gasteiger partial charge on any atom is 0.387 e. The van der Waals surface area contributed by atoms with Gasteiger partial charge >= 0.3 is 6.61 Å². The van der Waals surface area contributed by atoms with E-state index >= 15 is 0 Å². The molecule has 0 heterocycles. The Morgan fingerprint density at radius 3 is 2.34 bits per heavy atom. The van der Waals surface area contributed by atoms with Crippen LogP contribution in [0.5, 0.6) is 5.75 Å². The highest BCUT2D eigenvalue weighted by molar-refractivity contribution is 5.45. The van der Waals surface area contributed by atoms with E-state index in [0.29, 0.717) is 5.92 Å². The smallest absolute Gasteiger partial charge is 0.387 e. The minimum Gasteiger partial charge on any atom is -0.435 e. The Bertz CT molecular complexity index is 854. The van der Waals surface area contributed by atoms with Crippen molar-refractivity contribution in [2.75, 3.05) is 0 Å². The Kier molecular flexibility index (Phi) is 6.32. The summed E-state index contributed by atoms with van der Waals surface area (Å²) in [6.45, 7) is -0.669. The lowest BCUT2D eigenvalue weighted by Crippen LogP contribution is -2.20. The standard InChI is InChI=1S/C26H30F2O/c1-2-3-4-5-18-6-14-24-21(16-18)7-8-22-17-20(11-15-25(22)24)19-9-12-23(13-10-19)29-26(27)28/h2-3,7-10,12-13,18,20,26H,4-6,11,14-17H2,1H3. The van der Waals surface area contributed by atoms with Gasteiger partial charge in [-0.2, -0.15) is 8.78 Å². The topological polar surface area (TPSA) is 9.23 Å². The molecule has 2 aromatic carbocycles. The molecule has 2 atom stereocenters. The summed E-state index contributed by atoms with van der Waals surface area (Å²) in [6.07, 6.45) is 14.0. The van der Waals surface area contributed by atoms with Crippen LogP contribution in [0.1, 0.15) is 66.3 Å². The lowest BCUT2D eigenvalue weighted by molar-refractivity contribution is -0.0498. The summed E-state index contributed by atoms with van der Waals surface area (Å²) in [5.41, 5.74) is 7.51. The molecule has 1 nitrogen and oxygen atoms in total. The first-order chi connectivity index (χ1) is 14.1. The second kappa shape index (κ2) is 9.11. The summed E-state index contributed by atoms with van der Waals surface area (Å²) in [5, 5.41) is 0. The molecule has 2 aliphatic carbocycles. The fourth-order valence-corrected chi connectivity index (χ4v) is 5.19. The molecule has 0 fully saturated rings. The normalized spacial score (nSPS) is 21.2. The van der Waals surface area contributed by atoms with E-state index in [9.17, 15) is 8.78 Å². The average Bonchev–Trinajstić information content (AvgIpc) is 2.73. The molecule has 29 heavy (non-hydrogen) atoms. The molecular formula is C26H30F2O. The third-order valence-electron chi connectivity index (χ3n) is 6.70. The van der Waals surface area contributed by atoms with E-state index in [-0.39, 0.29) is 5.75 Å². The quantitative estimate of drug-likeness (QED) is 0.477. The fourth-order valence-electron chi connectivity index (χ4n) is 5.19. The minimum absolute atomic E-state index is 0.234. The largest absolute Gasteiger partial charge is 0.435 e. The van der Waals surface area contributed by atoms with Crippen molar-refractivity contribution in [2.45, 2.75) is 70.8 Å². The molecule has 154 valence electrons. The van der Waals surface area contributed by atoms with Crippen LogP contribution < -0.4 is 4.74 Å². The van der Waals surface area contributed by atoms with E-state index in [1.54, 1.807) is 28.8 Å². The van der Waals surface area contributed by atoms with Crippen molar-refractivity contribution in [1.29, 1.82) is 0 Å². The molecule has 0 saturated heterocycles. The lowest BCUT2D eigenvalue weighted by atomic mass is 9.73. The van der Waals surface area contributed by atoms with Gasteiger partial charge in [-0.15, -0.1) is 0 Å². The maximum absolute atomic E-state index is 12.4. The van der Waals surface area contributed by atoms with E-state index < -0.39 is 6.61 Å². The van der Waals surface area contributed by atoms with Gasteiger partial charge in [0.1, 0.15) is 5.75 Å². The molecule has 0 radical (unpaired) electrons. The number of rotatable bonds is 6. The zero-order chi connectivity index (χ0) is 20.2. The highest BCUT2D eigenvalue weighted by atomic mass is 19.3. The van der Waals surface area contributed by atoms with E-state index in [4.69, 9.17) is 0 Å². The van der Waals surface area contributed by atoms with Crippen LogP contribution in [0.25, 0.3) is 0 Å². The predicted molar refractivity (Wildman–Crippen MR) is 114 cm³/mol. The molecule has 2 unspecified atom stereocenters. The first-order valence-electron chi connectivity index (χ1n) is 10.9. The number of hydrogen-bond donors (Lipinski definition) is 0. The van der Waals surface area contributed by atoms with E-state index in [1.807, 2.05) is 12.1 Å². The van der Waals surface area contributed by atoms with Crippen molar-refractivity contribution in [1.82, 2.24) is 0 Å². The van der Waals surface area contributed by atoms with Gasteiger partial charge in [0.2, 0.25) is 0 Å². The predicted octanol–water partition coefficient (Wildman–Crippen LogP) is 7.02. The molecule has 0 spiro atoms. The molecule has 0 amide bonds. The summed E-state index contributed by atoms with van der Waals surface area (Å²) in [6, 6.07) is 11.9. The second-order valence-corrected chi connectivity index (χ2v) is 8.48. The van der Waals surface area contributed by atoms with Gasteiger partial charge in [0.05, 0.1) is 0 Å². The number of alkyl halides is 2. The van der Waals surface area contributed by atoms with Gasteiger partial charge in [-0.25, -0.2) is 0 Å². The molecule has 0 saturated carbocycles. The lowest BCUT2D eigenvalue weighted by Gasteiger charge is -2.32. The van der Waals surface area contributed by atoms with Crippen molar-refractivity contribution in [3.8, 4) is 5.75 Å². The average molecular weight is 397 g/mol. The van der Waals surface area contributed by atoms with Gasteiger partial charge in [-0.3, -0.25) is 0 Å². The molecule has 0 bridgehead atoms. The molecular weight excluding hydrogens is 366 g/mol. The van der Waals surface area contributed by atoms with Crippen molar-refractivity contribution in [3.63, 3.8) is 0 Å². The van der Waals surface area contributed by atoms with Crippen LogP contribution in [0.3, 0.4) is 0 Å². The highest BCUT2D eigenvalue weighted by Crippen LogP contribution is 2.39. The zero-order valence-corrected chi connectivity index (χ0v) is 17.2. The second-order valence-electron chi connectivity index (χ2n) is 8.48. The van der Waals surface area contributed by atoms with Crippen LogP contribution in [-0.4, -0.2) is 6.61 Å². The van der Waals surface area contributed by atoms with Gasteiger partial charge in [0.15, 0.2) is 0 Å². The molecule has 3 heteroatoms. The summed E-state index contributed by atoms with van der Waals surface area (Å²) < 4.78 is 29.2. The number of allylic oxidation sites excluding steroid dienone is 2. The van der Waals surface area contributed by atoms with Crippen LogP contribution in [0, 0.1) is 5.92 Å². The van der Waals surface area contributed by atoms with Gasteiger partial charge in [-0.05, 0) is 110 Å². The van der Waals surface area contributed by atoms with Gasteiger partial charge in [0, 0.05) is 0 Å². The number of fused-ring (bicyclic) bond motifs is 3. The monoisotopic (exact) mass is 396 g/mol. The number of benzene rings is 2. The molecule has 2 aromatic rings. The Balaban J connectivity index is 1.45. The van der Waals surface area contributed by atoms with Gasteiger partial charge < -0.3 is 4.74 Å². The first-order valence-corrected chi connectivity index (χ1v) is 10.9. The summed E-state index contributed by atoms with van der Waals surface area (Å²) in [4.78, 5) is 0. The van der Waals surface area contributed by atoms with E-state index in [0.717, 1.165) is 25.2 Å². The Morgan fingerprint density at radius 2 is 1.66 bits per heavy atom. The van der Waals surface area contributed by atoms with Crippen LogP contribution in [-0.2, 0) is 25.7 Å². The van der Waals surface area contributed by atoms with Crippen molar-refractivity contribution in [3.05, 3.63) is 76.4 Å². The first kappa shape index (κ1) is 20.1. The van der Waals surface area contributed by atoms with Crippen LogP contribution in [0.15, 0.2) is 48.6 Å². The molecule has 0 aliphatic heterocycles. The van der Waals surface area contributed by atoms with Crippen LogP contribution in [0.2, 0.25) is 0 Å². The zero-order valence-electron chi connectivity index (χ0n) is 17.2. The Labute approximate surface area is 172 Å². The number of halogens is 2. The van der Waals surface area contributed by atoms with Gasteiger partial charge in [0.25, 0.3) is 0 Å². The highest BCUT2D eigenvalue weighted by Gasteiger charge is 2.26. The summed E-state index contributed by atoms with van der Waals surface area (Å²) in [5.74, 6) is 1.51. The van der Waals surface area contributed by atoms with Crippen molar-refractivity contribution in [2.24, 2.45) is 5.92 Å². The van der Waals surface area contributed by atoms with Crippen molar-refractivity contribution < 1.29 is 13.5 Å². The number of ether oxygens (including phenoxy) is 1. The van der Waals surface area contributed by atoms with E-state index in [2.05, 4.69) is 35.9 Å². The summed E-state index contributed by atoms with van der Waals surface area (Å²) >= 11 is 0. The molecule has 4 rings (SSSR count). The van der Waals surface area contributed by atoms with Gasteiger partial charge in [-0.1, -0.05) is 36.4 Å². The minimum atomic E-state index is -2.77.